The van der Waals surface area contributed by atoms with Crippen LogP contribution in [0.3, 0.4) is 0 Å². The molecule has 0 aliphatic rings. The van der Waals surface area contributed by atoms with E-state index in [0.29, 0.717) is 99.1 Å². The Morgan fingerprint density at radius 2 is 0.280 bits per heavy atom. The maximum absolute atomic E-state index is 5.83. The van der Waals surface area contributed by atoms with Gasteiger partial charge in [-0.15, -0.1) is 0 Å². The van der Waals surface area contributed by atoms with E-state index < -0.39 is 88.0 Å². The van der Waals surface area contributed by atoms with E-state index in [2.05, 4.69) is 41.5 Å². The van der Waals surface area contributed by atoms with E-state index >= 15 is 0 Å². The molecule has 0 aromatic carbocycles. The lowest BCUT2D eigenvalue weighted by Gasteiger charge is -2.28. The lowest BCUT2D eigenvalue weighted by atomic mass is 10.1. The van der Waals surface area contributed by atoms with Gasteiger partial charge in [0.15, 0.2) is 0 Å². The second-order valence-corrected chi connectivity index (χ2v) is 56.9. The van der Waals surface area contributed by atoms with Crippen LogP contribution in [0.2, 0.25) is 61.4 Å². The van der Waals surface area contributed by atoms with Crippen LogP contribution < -0.4 is 0 Å². The normalized spacial score (nSPS) is 12.0. The van der Waals surface area contributed by atoms with Crippen molar-refractivity contribution in [3.05, 3.63) is 0 Å². The van der Waals surface area contributed by atoms with E-state index in [0.717, 1.165) is 86.9 Å². The first-order valence-corrected chi connectivity index (χ1v) is 67.6. The Bertz CT molecular complexity index is 1870. The second-order valence-electron chi connectivity index (χ2n) is 27.6. The van der Waals surface area contributed by atoms with Crippen molar-refractivity contribution in [1.82, 2.24) is 0 Å². The fourth-order valence-corrected chi connectivity index (χ4v) is 31.2. The molecule has 0 atom stereocenters. The van der Waals surface area contributed by atoms with E-state index in [-0.39, 0.29) is 0 Å². The highest BCUT2D eigenvalue weighted by Crippen LogP contribution is 2.25. The third-order valence-corrected chi connectivity index (χ3v) is 47.4. The summed E-state index contributed by atoms with van der Waals surface area (Å²) in [6.07, 6.45) is 27.4. The first-order valence-electron chi connectivity index (χ1n) is 47.7. The third kappa shape index (κ3) is 81.8. The quantitative estimate of drug-likeness (QED) is 0.0404. The molecule has 0 spiro atoms. The molecule has 0 aromatic heterocycles. The first-order chi connectivity index (χ1) is 59.8. The largest absolute Gasteiger partial charge is 0.500 e. The predicted molar refractivity (Wildman–Crippen MR) is 534 cm³/mol. The molecule has 0 fully saturated rings. The molecular weight excluding hydrogens is 1780 g/mol. The van der Waals surface area contributed by atoms with E-state index in [1.165, 1.54) is 103 Å². The summed E-state index contributed by atoms with van der Waals surface area (Å²) in [6, 6.07) is 7.26. The fourth-order valence-electron chi connectivity index (χ4n) is 12.0. The van der Waals surface area contributed by atoms with Crippen molar-refractivity contribution in [2.75, 3.05) is 206 Å². The van der Waals surface area contributed by atoms with Gasteiger partial charge in [-0.3, -0.25) is 0 Å². The average Bonchev–Trinajstić information content (AvgIpc) is 0.871. The van der Waals surface area contributed by atoms with Crippen LogP contribution in [0.25, 0.3) is 0 Å². The Morgan fingerprint density at radius 1 is 0.128 bits per heavy atom. The van der Waals surface area contributed by atoms with Gasteiger partial charge in [0.05, 0.1) is 0 Å². The van der Waals surface area contributed by atoms with Gasteiger partial charge in [-0.1, -0.05) is 171 Å². The van der Waals surface area contributed by atoms with E-state index in [9.17, 15) is 0 Å². The number of hydrogen-bond donors (Lipinski definition) is 0. The molecule has 0 rings (SSSR count). The van der Waals surface area contributed by atoms with Crippen LogP contribution in [0.15, 0.2) is 0 Å². The van der Waals surface area contributed by atoms with Crippen LogP contribution in [0, 0.1) is 0 Å². The molecule has 0 bridgehead atoms. The molecule has 0 aromatic rings. The molecule has 770 valence electrons. The minimum Gasteiger partial charge on any atom is -0.377 e. The highest BCUT2D eigenvalue weighted by molar-refractivity contribution is 6.63. The zero-order valence-corrected chi connectivity index (χ0v) is 99.1. The molecule has 0 unspecified atom stereocenters. The van der Waals surface area contributed by atoms with Crippen molar-refractivity contribution in [2.45, 2.75) is 362 Å². The molecule has 0 amide bonds. The maximum Gasteiger partial charge on any atom is 0.500 e. The van der Waals surface area contributed by atoms with Crippen LogP contribution in [-0.4, -0.2) is 294 Å². The molecule has 30 nitrogen and oxygen atoms in total. The van der Waals surface area contributed by atoms with Gasteiger partial charge in [0.1, 0.15) is 0 Å². The Morgan fingerprint density at radius 3 is 0.424 bits per heavy atom. The van der Waals surface area contributed by atoms with Crippen molar-refractivity contribution in [2.24, 2.45) is 0 Å². The van der Waals surface area contributed by atoms with Gasteiger partial charge in [0, 0.05) is 267 Å². The highest BCUT2D eigenvalue weighted by atomic mass is 28.4. The summed E-state index contributed by atoms with van der Waals surface area (Å²) in [4.78, 5) is 0. The van der Waals surface area contributed by atoms with Crippen LogP contribution in [0.1, 0.15) is 301 Å². The Kier molecular flexibility index (Phi) is 122. The number of rotatable bonds is 75. The van der Waals surface area contributed by atoms with Gasteiger partial charge < -0.3 is 133 Å². The van der Waals surface area contributed by atoms with Crippen molar-refractivity contribution in [3.8, 4) is 0 Å². The van der Waals surface area contributed by atoms with Crippen LogP contribution in [-0.2, 0) is 133 Å². The molecule has 40 heteroatoms. The fraction of sp³-hybridized carbons (Fsp3) is 1.00. The number of unbranched alkanes of at least 4 members (excludes halogenated alkanes) is 16. The summed E-state index contributed by atoms with van der Waals surface area (Å²) in [5.74, 6) is 0. The van der Waals surface area contributed by atoms with Gasteiger partial charge >= 0.3 is 88.0 Å². The molecule has 125 heavy (non-hydrogen) atoms. The molecular formula is C85H210O30Si10. The molecule has 0 saturated carbocycles. The summed E-state index contributed by atoms with van der Waals surface area (Å²) in [5.41, 5.74) is 0. The van der Waals surface area contributed by atoms with E-state index in [4.69, 9.17) is 133 Å². The average molecular weight is 1990 g/mol. The monoisotopic (exact) mass is 1990 g/mol. The standard InChI is InChI=1S/C14H32O3Si.C12H28O3Si.C11H26O3Si.2C9H22O3Si.C8H20O3Si.C7H18O3Si.C6H16O3Si.C5H14O3Si.C4H12O3Si/c1-5-9-10-11-12-13-14-18(15-6-2,16-7-3)17-8-4;1-5-9-10-11-12-16(13-6-2,14-7-3)15-8-4;1-5-6-7-8-9-10-11-15(12-2,13-3)14-4;1-5-6-7-8-9-13(10-2,11-3)12-4;1-5-9-13(10-6-2,11-7-3)12-8-4;1-5-9-12(8-4,10-6-2)11-7-3;1-5-8-11(4,9-6-2)10-7-3;1-5-6-10(7-2,8-3)9-4;1-5-9(6-2,7-3)8-4;1-5-8(4,6-2)7-3/h5-14H2,1-4H3;5-12H2,1-4H3;5-11H2,1-4H3;2*5-9H2,1-4H3;5-8H2,1-4H3;5-7H2,1-4H3;5-6H2,1-4H3;5H2,1-4H3;1-4H3. The van der Waals surface area contributed by atoms with Crippen LogP contribution >= 0.6 is 0 Å². The highest BCUT2D eigenvalue weighted by Gasteiger charge is 2.44. The zero-order chi connectivity index (χ0) is 98.0. The van der Waals surface area contributed by atoms with Crippen molar-refractivity contribution >= 4 is 88.0 Å². The van der Waals surface area contributed by atoms with Gasteiger partial charge in [-0.25, -0.2) is 0 Å². The minimum atomic E-state index is -2.36. The van der Waals surface area contributed by atoms with E-state index in [1.807, 2.05) is 131 Å². The van der Waals surface area contributed by atoms with Crippen molar-refractivity contribution < 1.29 is 133 Å². The van der Waals surface area contributed by atoms with Gasteiger partial charge in [0.2, 0.25) is 0 Å². The smallest absolute Gasteiger partial charge is 0.377 e. The van der Waals surface area contributed by atoms with Gasteiger partial charge in [0.25, 0.3) is 0 Å². The lowest BCUT2D eigenvalue weighted by molar-refractivity contribution is 0.0698. The maximum atomic E-state index is 5.83. The Hall–Kier alpha value is 0.969. The predicted octanol–water partition coefficient (Wildman–Crippen LogP) is 22.5. The summed E-state index contributed by atoms with van der Waals surface area (Å²) >= 11 is 0. The van der Waals surface area contributed by atoms with Crippen LogP contribution in [0.4, 0.5) is 0 Å². The minimum absolute atomic E-state index is 0.655. The van der Waals surface area contributed by atoms with Crippen molar-refractivity contribution in [3.63, 3.8) is 0 Å². The second kappa shape index (κ2) is 104. The first kappa shape index (κ1) is 146. The lowest BCUT2D eigenvalue weighted by Crippen LogP contribution is -2.45. The van der Waals surface area contributed by atoms with Crippen molar-refractivity contribution in [1.29, 1.82) is 0 Å². The molecule has 0 N–H and O–H groups in total. The van der Waals surface area contributed by atoms with Gasteiger partial charge in [-0.2, -0.15) is 0 Å². The summed E-state index contributed by atoms with van der Waals surface area (Å²) in [6.45, 7) is 60.7. The van der Waals surface area contributed by atoms with Crippen LogP contribution in [0.5, 0.6) is 0 Å². The third-order valence-electron chi connectivity index (χ3n) is 18.8. The van der Waals surface area contributed by atoms with E-state index in [1.54, 1.807) is 107 Å². The summed E-state index contributed by atoms with van der Waals surface area (Å²) < 4.78 is 162. The molecule has 0 aliphatic carbocycles. The Balaban J connectivity index is -0.000000148. The molecule has 0 radical (unpaired) electrons. The molecule has 0 saturated heterocycles. The summed E-state index contributed by atoms with van der Waals surface area (Å²) in [5, 5.41) is 0. The summed E-state index contributed by atoms with van der Waals surface area (Å²) in [7, 11) is 1.86. The molecule has 0 aliphatic heterocycles. The zero-order valence-electron chi connectivity index (χ0n) is 89.1. The van der Waals surface area contributed by atoms with Gasteiger partial charge in [-0.05, 0) is 130 Å². The molecule has 0 heterocycles. The number of hydrogen-bond acceptors (Lipinski definition) is 30. The Labute approximate surface area is 783 Å². The topological polar surface area (TPSA) is 277 Å². The SMILES string of the molecule is CCCCCCCC[Si](OC)(OC)OC.CCCCCCCC[Si](OCC)(OCC)OCC.CCCCCC[Si](OC)(OC)OC.CCCCCC[Si](OCC)(OCC)OCC.CCC[Si](OC)(OC)OC.CCC[Si](OCC)(OCC)OCC.CCO[Si](C)(OCC)OCC.CCO[Si](CC)(OCC)OCC.CC[Si](OC)(OC)OC.CO[Si](C)(OC)OC.